The van der Waals surface area contributed by atoms with E-state index in [1.807, 2.05) is 31.2 Å². The maximum atomic E-state index is 12.5. The Bertz CT molecular complexity index is 912. The number of amides is 1. The summed E-state index contributed by atoms with van der Waals surface area (Å²) in [6.07, 6.45) is 2.23. The molecular weight excluding hydrogens is 422 g/mol. The van der Waals surface area contributed by atoms with Gasteiger partial charge in [0, 0.05) is 18.2 Å². The van der Waals surface area contributed by atoms with Crippen LogP contribution in [0.2, 0.25) is 0 Å². The zero-order chi connectivity index (χ0) is 25.1. The van der Waals surface area contributed by atoms with Crippen molar-refractivity contribution in [3.8, 4) is 5.75 Å². The maximum Gasteiger partial charge on any atom is 0.251 e. The molecule has 0 saturated heterocycles. The topological polar surface area (TPSA) is 53.6 Å². The minimum atomic E-state index is -0.00237. The summed E-state index contributed by atoms with van der Waals surface area (Å²) in [7, 11) is 2.16. The Balaban J connectivity index is 1.80. The molecule has 2 unspecified atom stereocenters. The van der Waals surface area contributed by atoms with Crippen LogP contribution < -0.4 is 15.4 Å². The van der Waals surface area contributed by atoms with Crippen LogP contribution in [0.3, 0.4) is 0 Å². The molecule has 1 amide bonds. The van der Waals surface area contributed by atoms with Crippen LogP contribution in [0.1, 0.15) is 72.3 Å². The zero-order valence-electron chi connectivity index (χ0n) is 22.3. The monoisotopic (exact) mass is 467 g/mol. The fraction of sp³-hybridized carbons (Fsp3) is 0.552. The first kappa shape index (κ1) is 27.9. The predicted molar refractivity (Wildman–Crippen MR) is 143 cm³/mol. The Morgan fingerprint density at radius 2 is 1.74 bits per heavy atom. The second-order valence-corrected chi connectivity index (χ2v) is 9.61. The molecule has 0 fully saturated rings. The van der Waals surface area contributed by atoms with Crippen molar-refractivity contribution in [1.29, 1.82) is 0 Å². The highest BCUT2D eigenvalue weighted by molar-refractivity contribution is 5.95. The minimum Gasteiger partial charge on any atom is -0.493 e. The van der Waals surface area contributed by atoms with Gasteiger partial charge in [-0.3, -0.25) is 4.79 Å². The Morgan fingerprint density at radius 3 is 2.44 bits per heavy atom. The molecule has 5 heteroatoms. The van der Waals surface area contributed by atoms with Crippen LogP contribution in [0.15, 0.2) is 36.4 Å². The van der Waals surface area contributed by atoms with Crippen LogP contribution in [0, 0.1) is 26.7 Å². The second kappa shape index (κ2) is 14.1. The molecule has 0 bridgehead atoms. The van der Waals surface area contributed by atoms with Crippen molar-refractivity contribution in [2.24, 2.45) is 5.92 Å². The van der Waals surface area contributed by atoms with Crippen LogP contribution in [-0.2, 0) is 0 Å². The first-order valence-corrected chi connectivity index (χ1v) is 12.7. The molecule has 0 aliphatic carbocycles. The zero-order valence-corrected chi connectivity index (χ0v) is 22.3. The van der Waals surface area contributed by atoms with Crippen LogP contribution >= 0.6 is 0 Å². The van der Waals surface area contributed by atoms with Gasteiger partial charge in [0.15, 0.2) is 0 Å². The molecular formula is C29H45N3O2. The van der Waals surface area contributed by atoms with E-state index in [1.54, 1.807) is 0 Å². The number of carbonyl (C=O) groups is 1. The van der Waals surface area contributed by atoms with Crippen molar-refractivity contribution < 1.29 is 9.53 Å². The van der Waals surface area contributed by atoms with Crippen LogP contribution in [0.25, 0.3) is 0 Å². The van der Waals surface area contributed by atoms with Crippen molar-refractivity contribution in [2.45, 2.75) is 60.4 Å². The molecule has 34 heavy (non-hydrogen) atoms. The molecule has 0 radical (unpaired) electrons. The lowest BCUT2D eigenvalue weighted by molar-refractivity contribution is 0.0947. The predicted octanol–water partition coefficient (Wildman–Crippen LogP) is 5.44. The number of aryl methyl sites for hydroxylation is 1. The van der Waals surface area contributed by atoms with E-state index in [1.165, 1.54) is 16.7 Å². The van der Waals surface area contributed by atoms with Gasteiger partial charge in [-0.25, -0.2) is 0 Å². The number of hydrogen-bond acceptors (Lipinski definition) is 4. The number of ether oxygens (including phenoxy) is 1. The fourth-order valence-corrected chi connectivity index (χ4v) is 4.02. The van der Waals surface area contributed by atoms with Gasteiger partial charge >= 0.3 is 0 Å². The molecule has 0 spiro atoms. The van der Waals surface area contributed by atoms with Gasteiger partial charge in [-0.1, -0.05) is 38.1 Å². The highest BCUT2D eigenvalue weighted by Crippen LogP contribution is 2.28. The quantitative estimate of drug-likeness (QED) is 0.363. The molecule has 0 heterocycles. The molecule has 0 aliphatic heterocycles. The van der Waals surface area contributed by atoms with Crippen molar-refractivity contribution in [3.05, 3.63) is 64.2 Å². The summed E-state index contributed by atoms with van der Waals surface area (Å²) < 4.78 is 6.09. The van der Waals surface area contributed by atoms with Gasteiger partial charge in [-0.05, 0) is 108 Å². The number of unbranched alkanes of at least 4 members (excludes halogenated alkanes) is 1. The number of rotatable bonds is 14. The fourth-order valence-electron chi connectivity index (χ4n) is 4.02. The molecule has 2 rings (SSSR count). The van der Waals surface area contributed by atoms with E-state index in [0.29, 0.717) is 12.5 Å². The van der Waals surface area contributed by atoms with Crippen molar-refractivity contribution in [3.63, 3.8) is 0 Å². The third-order valence-corrected chi connectivity index (χ3v) is 6.75. The number of benzene rings is 2. The van der Waals surface area contributed by atoms with Crippen LogP contribution in [0.4, 0.5) is 0 Å². The molecule has 2 aromatic rings. The maximum absolute atomic E-state index is 12.5. The van der Waals surface area contributed by atoms with Gasteiger partial charge in [-0.15, -0.1) is 0 Å². The summed E-state index contributed by atoms with van der Waals surface area (Å²) in [5, 5.41) is 6.71. The van der Waals surface area contributed by atoms with Gasteiger partial charge in [0.25, 0.3) is 5.91 Å². The van der Waals surface area contributed by atoms with Gasteiger partial charge < -0.3 is 20.3 Å². The summed E-state index contributed by atoms with van der Waals surface area (Å²) >= 11 is 0. The van der Waals surface area contributed by atoms with E-state index in [2.05, 4.69) is 69.3 Å². The molecule has 0 aliphatic rings. The Morgan fingerprint density at radius 1 is 1.00 bits per heavy atom. The molecule has 2 atom stereocenters. The van der Waals surface area contributed by atoms with Crippen LogP contribution in [0.5, 0.6) is 5.75 Å². The van der Waals surface area contributed by atoms with Gasteiger partial charge in [-0.2, -0.15) is 0 Å². The average Bonchev–Trinajstić information content (AvgIpc) is 2.83. The van der Waals surface area contributed by atoms with E-state index >= 15 is 0 Å². The van der Waals surface area contributed by atoms with Gasteiger partial charge in [0.05, 0.1) is 6.61 Å². The number of hydrogen-bond donors (Lipinski definition) is 2. The molecule has 2 N–H and O–H groups in total. The lowest BCUT2D eigenvalue weighted by Gasteiger charge is -2.22. The first-order chi connectivity index (χ1) is 16.2. The smallest absolute Gasteiger partial charge is 0.251 e. The van der Waals surface area contributed by atoms with E-state index in [0.717, 1.165) is 56.0 Å². The lowest BCUT2D eigenvalue weighted by atomic mass is 9.97. The summed E-state index contributed by atoms with van der Waals surface area (Å²) in [6, 6.07) is 12.2. The highest BCUT2D eigenvalue weighted by atomic mass is 16.5. The van der Waals surface area contributed by atoms with Crippen molar-refractivity contribution >= 4 is 5.91 Å². The highest BCUT2D eigenvalue weighted by Gasteiger charge is 2.15. The minimum absolute atomic E-state index is 0.00237. The molecule has 188 valence electrons. The molecule has 2 aromatic carbocycles. The number of nitrogens with zero attached hydrogens (tertiary/aromatic N) is 1. The second-order valence-electron chi connectivity index (χ2n) is 9.61. The molecule has 0 aromatic heterocycles. The normalized spacial score (nSPS) is 13.1. The SMILES string of the molecule is CCN(C)CCCCOc1ccc(C(C)NCC(C)CNC(=O)c2ccccc2C)c(C)c1C. The summed E-state index contributed by atoms with van der Waals surface area (Å²) in [4.78, 5) is 14.8. The van der Waals surface area contributed by atoms with Crippen LogP contribution in [-0.4, -0.2) is 50.6 Å². The Hall–Kier alpha value is -2.37. The van der Waals surface area contributed by atoms with Gasteiger partial charge in [0.2, 0.25) is 0 Å². The summed E-state index contributed by atoms with van der Waals surface area (Å²) in [5.74, 6) is 1.31. The standard InChI is InChI=1S/C29H45N3O2/c1-8-32(7)17-11-12-18-34-28-16-15-27(23(4)24(28)5)25(6)30-19-21(2)20-31-29(33)26-14-10-9-13-22(26)3/h9-10,13-16,21,25,30H,8,11-12,17-20H2,1-7H3,(H,31,33). The van der Waals surface area contributed by atoms with E-state index in [9.17, 15) is 4.79 Å². The summed E-state index contributed by atoms with van der Waals surface area (Å²) in [5.41, 5.74) is 5.55. The Kier molecular flexibility index (Phi) is 11.6. The third kappa shape index (κ3) is 8.44. The number of nitrogens with one attached hydrogen (secondary N) is 2. The van der Waals surface area contributed by atoms with Crippen molar-refractivity contribution in [2.75, 3.05) is 39.8 Å². The molecule has 5 nitrogen and oxygen atoms in total. The van der Waals surface area contributed by atoms with E-state index < -0.39 is 0 Å². The first-order valence-electron chi connectivity index (χ1n) is 12.7. The lowest BCUT2D eigenvalue weighted by Crippen LogP contribution is -2.34. The van der Waals surface area contributed by atoms with E-state index in [4.69, 9.17) is 4.74 Å². The molecule has 0 saturated carbocycles. The largest absolute Gasteiger partial charge is 0.493 e. The van der Waals surface area contributed by atoms with Crippen molar-refractivity contribution in [1.82, 2.24) is 15.5 Å². The van der Waals surface area contributed by atoms with Gasteiger partial charge in [0.1, 0.15) is 5.75 Å². The summed E-state index contributed by atoms with van der Waals surface area (Å²) in [6.45, 7) is 17.3. The average molecular weight is 468 g/mol. The number of carbonyl (C=O) groups excluding carboxylic acids is 1. The van der Waals surface area contributed by atoms with E-state index in [-0.39, 0.29) is 11.9 Å². The Labute approximate surface area is 207 Å². The third-order valence-electron chi connectivity index (χ3n) is 6.75.